The number of hydrogen-bond acceptors (Lipinski definition) is 7. The number of hydrogen-bond donors (Lipinski definition) is 2. The highest BCUT2D eigenvalue weighted by atomic mass is 35.5. The molecule has 5 amide bonds. The maximum Gasteiger partial charge on any atom is 0.335 e. The Labute approximate surface area is 224 Å². The SMILES string of the molecule is O=C(COc1ccc(/C=C2\C(=O)NC(=O)N(c3ccc([N+](=O)[O-])cc3)C2=O)cc1Cl)Nc1ccc(Cl)cc1. The summed E-state index contributed by atoms with van der Waals surface area (Å²) in [4.78, 5) is 60.8. The topological polar surface area (TPSA) is 148 Å². The molecule has 1 fully saturated rings. The van der Waals surface area contributed by atoms with E-state index in [-0.39, 0.29) is 34.3 Å². The van der Waals surface area contributed by atoms with Crippen LogP contribution in [-0.2, 0) is 14.4 Å². The summed E-state index contributed by atoms with van der Waals surface area (Å²) >= 11 is 12.1. The molecule has 3 aromatic rings. The summed E-state index contributed by atoms with van der Waals surface area (Å²) in [5, 5.41) is 16.2. The van der Waals surface area contributed by atoms with Crippen LogP contribution in [-0.4, -0.2) is 35.3 Å². The van der Waals surface area contributed by atoms with Crippen molar-refractivity contribution in [2.24, 2.45) is 0 Å². The van der Waals surface area contributed by atoms with E-state index in [0.29, 0.717) is 21.2 Å². The fourth-order valence-electron chi connectivity index (χ4n) is 3.38. The number of imide groups is 2. The largest absolute Gasteiger partial charge is 0.482 e. The maximum atomic E-state index is 13.0. The number of benzene rings is 3. The van der Waals surface area contributed by atoms with Crippen molar-refractivity contribution >= 4 is 70.1 Å². The van der Waals surface area contributed by atoms with Crippen LogP contribution in [0.3, 0.4) is 0 Å². The zero-order valence-corrected chi connectivity index (χ0v) is 20.7. The average Bonchev–Trinajstić information content (AvgIpc) is 2.87. The van der Waals surface area contributed by atoms with E-state index in [4.69, 9.17) is 27.9 Å². The minimum Gasteiger partial charge on any atom is -0.482 e. The highest BCUT2D eigenvalue weighted by Gasteiger charge is 2.37. The lowest BCUT2D eigenvalue weighted by atomic mass is 10.1. The molecule has 13 heteroatoms. The first kappa shape index (κ1) is 26.3. The summed E-state index contributed by atoms with van der Waals surface area (Å²) in [5.41, 5.74) is 0.312. The molecule has 0 bridgehead atoms. The summed E-state index contributed by atoms with van der Waals surface area (Å²) in [6.45, 7) is -0.337. The van der Waals surface area contributed by atoms with Crippen LogP contribution in [0.5, 0.6) is 5.75 Å². The van der Waals surface area contributed by atoms with Gasteiger partial charge in [0.25, 0.3) is 23.4 Å². The predicted octanol–water partition coefficient (Wildman–Crippen LogP) is 4.59. The van der Waals surface area contributed by atoms with Gasteiger partial charge in [-0.2, -0.15) is 0 Å². The van der Waals surface area contributed by atoms with Crippen molar-refractivity contribution < 1.29 is 28.8 Å². The molecule has 0 spiro atoms. The molecule has 0 saturated carbocycles. The van der Waals surface area contributed by atoms with Crippen LogP contribution >= 0.6 is 23.2 Å². The van der Waals surface area contributed by atoms with E-state index in [2.05, 4.69) is 10.6 Å². The van der Waals surface area contributed by atoms with Crippen molar-refractivity contribution in [3.63, 3.8) is 0 Å². The molecule has 1 saturated heterocycles. The first-order valence-corrected chi connectivity index (χ1v) is 11.5. The molecule has 0 aliphatic carbocycles. The van der Waals surface area contributed by atoms with Gasteiger partial charge in [0, 0.05) is 22.8 Å². The molecule has 0 aromatic heterocycles. The number of halogens is 2. The van der Waals surface area contributed by atoms with E-state index in [1.807, 2.05) is 0 Å². The Balaban J connectivity index is 1.47. The third-order valence-electron chi connectivity index (χ3n) is 5.17. The zero-order valence-electron chi connectivity index (χ0n) is 19.1. The Bertz CT molecular complexity index is 1490. The molecule has 3 aromatic carbocycles. The van der Waals surface area contributed by atoms with Crippen LogP contribution in [0.1, 0.15) is 5.56 Å². The normalized spacial score (nSPS) is 14.3. The van der Waals surface area contributed by atoms with E-state index in [0.717, 1.165) is 12.1 Å². The third kappa shape index (κ3) is 5.97. The van der Waals surface area contributed by atoms with Crippen LogP contribution < -0.4 is 20.3 Å². The van der Waals surface area contributed by atoms with Crippen molar-refractivity contribution in [2.45, 2.75) is 0 Å². The van der Waals surface area contributed by atoms with Gasteiger partial charge in [0.05, 0.1) is 15.6 Å². The number of nitro groups is 1. The van der Waals surface area contributed by atoms with Crippen LogP contribution in [0, 0.1) is 10.1 Å². The van der Waals surface area contributed by atoms with Crippen molar-refractivity contribution in [1.82, 2.24) is 5.32 Å². The number of urea groups is 1. The number of carbonyl (C=O) groups is 4. The fraction of sp³-hybridized carbons (Fsp3) is 0.0400. The molecule has 1 aliphatic heterocycles. The van der Waals surface area contributed by atoms with Crippen LogP contribution in [0.4, 0.5) is 21.9 Å². The fourth-order valence-corrected chi connectivity index (χ4v) is 3.75. The standard InChI is InChI=1S/C25H16Cl2N4O7/c26-15-2-4-16(5-3-15)28-22(32)13-38-21-10-1-14(12-20(21)27)11-19-23(33)29-25(35)30(24(19)34)17-6-8-18(9-7-17)31(36)37/h1-12H,13H2,(H,28,32)(H,29,33,35)/b19-11+. The van der Waals surface area contributed by atoms with Gasteiger partial charge in [0.15, 0.2) is 6.61 Å². The van der Waals surface area contributed by atoms with Crippen LogP contribution in [0.25, 0.3) is 6.08 Å². The van der Waals surface area contributed by atoms with Gasteiger partial charge in [-0.15, -0.1) is 0 Å². The van der Waals surface area contributed by atoms with Crippen molar-refractivity contribution in [3.05, 3.63) is 98.0 Å². The lowest BCUT2D eigenvalue weighted by Gasteiger charge is -2.26. The summed E-state index contributed by atoms with van der Waals surface area (Å²) in [5.74, 6) is -2.10. The molecule has 11 nitrogen and oxygen atoms in total. The number of rotatable bonds is 7. The monoisotopic (exact) mass is 554 g/mol. The minimum atomic E-state index is -0.996. The van der Waals surface area contributed by atoms with E-state index in [1.54, 1.807) is 24.3 Å². The van der Waals surface area contributed by atoms with Crippen LogP contribution in [0.2, 0.25) is 10.0 Å². The van der Waals surface area contributed by atoms with E-state index < -0.39 is 28.7 Å². The van der Waals surface area contributed by atoms with E-state index in [1.165, 1.54) is 36.4 Å². The molecule has 0 unspecified atom stereocenters. The lowest BCUT2D eigenvalue weighted by Crippen LogP contribution is -2.54. The third-order valence-corrected chi connectivity index (χ3v) is 5.72. The van der Waals surface area contributed by atoms with Crippen molar-refractivity contribution in [2.75, 3.05) is 16.8 Å². The average molecular weight is 555 g/mol. The van der Waals surface area contributed by atoms with Gasteiger partial charge < -0.3 is 10.1 Å². The highest BCUT2D eigenvalue weighted by Crippen LogP contribution is 2.28. The second-order valence-electron chi connectivity index (χ2n) is 7.76. The molecule has 0 atom stereocenters. The van der Waals surface area contributed by atoms with E-state index in [9.17, 15) is 29.3 Å². The highest BCUT2D eigenvalue weighted by molar-refractivity contribution is 6.39. The van der Waals surface area contributed by atoms with Gasteiger partial charge in [-0.05, 0) is 60.2 Å². The smallest absolute Gasteiger partial charge is 0.335 e. The Hall–Kier alpha value is -4.74. The summed E-state index contributed by atoms with van der Waals surface area (Å²) in [6, 6.07) is 14.6. The number of amides is 5. The van der Waals surface area contributed by atoms with Gasteiger partial charge in [0.2, 0.25) is 0 Å². The number of nitrogens with one attached hydrogen (secondary N) is 2. The summed E-state index contributed by atoms with van der Waals surface area (Å²) < 4.78 is 5.46. The number of nitro benzene ring substituents is 1. The number of ether oxygens (including phenoxy) is 1. The first-order valence-electron chi connectivity index (χ1n) is 10.8. The van der Waals surface area contributed by atoms with Gasteiger partial charge >= 0.3 is 6.03 Å². The Kier molecular flexibility index (Phi) is 7.70. The predicted molar refractivity (Wildman–Crippen MR) is 139 cm³/mol. The molecule has 1 heterocycles. The number of carbonyl (C=O) groups excluding carboxylic acids is 4. The molecular weight excluding hydrogens is 539 g/mol. The molecule has 2 N–H and O–H groups in total. The molecule has 192 valence electrons. The molecule has 0 radical (unpaired) electrons. The lowest BCUT2D eigenvalue weighted by molar-refractivity contribution is -0.384. The van der Waals surface area contributed by atoms with E-state index >= 15 is 0 Å². The van der Waals surface area contributed by atoms with Gasteiger partial charge in [-0.3, -0.25) is 29.8 Å². The number of nitrogens with zero attached hydrogens (tertiary/aromatic N) is 2. The molecule has 38 heavy (non-hydrogen) atoms. The maximum absolute atomic E-state index is 13.0. The van der Waals surface area contributed by atoms with Gasteiger partial charge in [-0.25, -0.2) is 9.69 Å². The number of anilines is 2. The molecule has 1 aliphatic rings. The Morgan fingerprint density at radius 3 is 2.34 bits per heavy atom. The number of barbiturate groups is 1. The second-order valence-corrected chi connectivity index (χ2v) is 8.61. The molecule has 4 rings (SSSR count). The quantitative estimate of drug-likeness (QED) is 0.188. The summed E-state index contributed by atoms with van der Waals surface area (Å²) in [7, 11) is 0. The first-order chi connectivity index (χ1) is 18.1. The second kappa shape index (κ2) is 11.1. The Morgan fingerprint density at radius 1 is 1.03 bits per heavy atom. The van der Waals surface area contributed by atoms with Gasteiger partial charge in [-0.1, -0.05) is 29.3 Å². The molecular formula is C25H16Cl2N4O7. The summed E-state index contributed by atoms with van der Waals surface area (Å²) in [6.07, 6.45) is 1.23. The zero-order chi connectivity index (χ0) is 27.4. The van der Waals surface area contributed by atoms with Crippen LogP contribution in [0.15, 0.2) is 72.3 Å². The number of non-ortho nitro benzene ring substituents is 1. The minimum absolute atomic E-state index is 0.0372. The Morgan fingerprint density at radius 2 is 1.71 bits per heavy atom. The van der Waals surface area contributed by atoms with Crippen molar-refractivity contribution in [3.8, 4) is 5.75 Å². The van der Waals surface area contributed by atoms with Gasteiger partial charge in [0.1, 0.15) is 11.3 Å². The van der Waals surface area contributed by atoms with Crippen molar-refractivity contribution in [1.29, 1.82) is 0 Å².